The number of nitrogens with one attached hydrogen (secondary N) is 3. The van der Waals surface area contributed by atoms with Crippen LogP contribution in [0.4, 0.5) is 23.1 Å². The van der Waals surface area contributed by atoms with E-state index in [0.29, 0.717) is 0 Å². The highest BCUT2D eigenvalue weighted by atomic mass is 32.2. The molecule has 198 valence electrons. The molecule has 1 fully saturated rings. The van der Waals surface area contributed by atoms with E-state index in [-0.39, 0.29) is 33.8 Å². The normalized spacial score (nSPS) is 27.4. The van der Waals surface area contributed by atoms with Crippen molar-refractivity contribution in [1.82, 2.24) is 19.6 Å². The lowest BCUT2D eigenvalue weighted by molar-refractivity contribution is 0.238. The Bertz CT molecular complexity index is 1940. The number of anilines is 4. The van der Waals surface area contributed by atoms with Crippen LogP contribution in [0.15, 0.2) is 59.6 Å². The fraction of sp³-hybridized carbons (Fsp3) is 0.407. The van der Waals surface area contributed by atoms with Gasteiger partial charge in [-0.05, 0) is 95.8 Å². The van der Waals surface area contributed by atoms with Crippen LogP contribution in [0, 0.1) is 6.85 Å². The Balaban J connectivity index is 1.61. The number of ether oxygens (including phenoxy) is 1. The maximum absolute atomic E-state index is 12.9. The summed E-state index contributed by atoms with van der Waals surface area (Å²) in [4.78, 5) is 7.48. The second kappa shape index (κ2) is 11.5. The summed E-state index contributed by atoms with van der Waals surface area (Å²) in [6.45, 7) is -12.7. The summed E-state index contributed by atoms with van der Waals surface area (Å²) < 4.78 is 163. The van der Waals surface area contributed by atoms with E-state index in [1.165, 1.54) is 36.4 Å². The molecular weight excluding hydrogens is 488 g/mol. The molecule has 10 heteroatoms. The summed E-state index contributed by atoms with van der Waals surface area (Å²) in [6.07, 6.45) is -7.94. The molecule has 0 atom stereocenters. The highest BCUT2D eigenvalue weighted by molar-refractivity contribution is 7.89. The van der Waals surface area contributed by atoms with Gasteiger partial charge in [-0.25, -0.2) is 18.1 Å². The number of likely N-dealkylation sites (tertiary alicyclic amines) is 1. The third-order valence-electron chi connectivity index (χ3n) is 4.41. The van der Waals surface area contributed by atoms with Crippen LogP contribution in [-0.2, 0) is 10.0 Å². The fourth-order valence-corrected chi connectivity index (χ4v) is 4.41. The quantitative estimate of drug-likeness (QED) is 0.336. The predicted octanol–water partition coefficient (Wildman–Crippen LogP) is 4.82. The van der Waals surface area contributed by atoms with Gasteiger partial charge in [0.2, 0.25) is 16.0 Å². The van der Waals surface area contributed by atoms with Gasteiger partial charge in [0, 0.05) is 53.0 Å². The Morgan fingerprint density at radius 2 is 1.89 bits per heavy atom. The second-order valence-electron chi connectivity index (χ2n) is 8.67. The van der Waals surface area contributed by atoms with Gasteiger partial charge in [0.25, 0.3) is 0 Å². The lowest BCUT2D eigenvalue weighted by atomic mass is 10.1. The largest absolute Gasteiger partial charge is 0.492 e. The Kier molecular flexibility index (Phi) is 4.04. The third kappa shape index (κ3) is 7.88. The molecule has 0 saturated carbocycles. The van der Waals surface area contributed by atoms with E-state index in [9.17, 15) is 8.42 Å². The van der Waals surface area contributed by atoms with Crippen molar-refractivity contribution >= 4 is 33.2 Å². The molecule has 0 amide bonds. The van der Waals surface area contributed by atoms with Crippen molar-refractivity contribution in [2.45, 2.75) is 50.8 Å². The zero-order chi connectivity index (χ0) is 40.6. The van der Waals surface area contributed by atoms with E-state index in [1.54, 1.807) is 20.8 Å². The van der Waals surface area contributed by atoms with E-state index in [4.69, 9.17) is 26.7 Å². The maximum atomic E-state index is 12.9. The van der Waals surface area contributed by atoms with Gasteiger partial charge in [0.15, 0.2) is 0 Å². The van der Waals surface area contributed by atoms with E-state index >= 15 is 0 Å². The first-order valence-corrected chi connectivity index (χ1v) is 12.3. The number of hydrogen-bond donors (Lipinski definition) is 3. The van der Waals surface area contributed by atoms with Gasteiger partial charge in [-0.1, -0.05) is 6.07 Å². The van der Waals surface area contributed by atoms with E-state index in [2.05, 4.69) is 25.3 Å². The van der Waals surface area contributed by atoms with Crippen molar-refractivity contribution in [3.05, 3.63) is 60.3 Å². The number of hydrogen-bond acceptors (Lipinski definition) is 8. The van der Waals surface area contributed by atoms with Gasteiger partial charge in [-0.15, -0.1) is 0 Å². The van der Waals surface area contributed by atoms with Crippen molar-refractivity contribution in [3.63, 3.8) is 0 Å². The molecule has 2 heterocycles. The van der Waals surface area contributed by atoms with Gasteiger partial charge in [0.1, 0.15) is 18.1 Å². The van der Waals surface area contributed by atoms with Crippen LogP contribution in [0.5, 0.6) is 5.75 Å². The number of nitrogens with zero attached hydrogens (tertiary/aromatic N) is 3. The summed E-state index contributed by atoms with van der Waals surface area (Å²) in [7, 11) is -3.98. The monoisotopic (exact) mass is 540 g/mol. The summed E-state index contributed by atoms with van der Waals surface area (Å²) >= 11 is 0. The molecule has 9 nitrogen and oxygen atoms in total. The molecule has 4 rings (SSSR count). The van der Waals surface area contributed by atoms with Crippen molar-refractivity contribution in [3.8, 4) is 5.75 Å². The SMILES string of the molecule is [2H]c1nc(Nc2ccc(OC([2H])([2H])C([2H])([2H])N3C([2H])([2H])C([2H])([2H])C([2H])([2H])C3([2H])[2H])cc2)nc(Nc2cccc(S(=O)(=O)NC(C)(C)C)c2)c1C([2H])([2H])[2H]. The van der Waals surface area contributed by atoms with Crippen LogP contribution in [-0.4, -0.2) is 54.9 Å². The van der Waals surface area contributed by atoms with Crippen LogP contribution in [0.25, 0.3) is 0 Å². The minimum atomic E-state index is -3.98. The number of sulfonamides is 1. The zero-order valence-corrected chi connectivity index (χ0v) is 20.9. The highest BCUT2D eigenvalue weighted by Crippen LogP contribution is 2.24. The molecule has 0 unspecified atom stereocenters. The molecule has 2 aromatic carbocycles. The lowest BCUT2D eigenvalue weighted by Crippen LogP contribution is -2.40. The van der Waals surface area contributed by atoms with Crippen LogP contribution < -0.4 is 20.1 Å². The van der Waals surface area contributed by atoms with Crippen molar-refractivity contribution in [2.24, 2.45) is 0 Å². The molecule has 3 aromatic rings. The van der Waals surface area contributed by atoms with E-state index in [0.717, 1.165) is 12.1 Å². The van der Waals surface area contributed by atoms with Gasteiger partial charge in [-0.3, -0.25) is 4.90 Å². The van der Waals surface area contributed by atoms with Crippen LogP contribution in [0.2, 0.25) is 0 Å². The molecule has 3 N–H and O–H groups in total. The zero-order valence-electron chi connectivity index (χ0n) is 36.1. The van der Waals surface area contributed by atoms with Crippen LogP contribution in [0.1, 0.15) is 61.0 Å². The van der Waals surface area contributed by atoms with E-state index < -0.39 is 77.8 Å². The lowest BCUT2D eigenvalue weighted by Gasteiger charge is -2.20. The average molecular weight is 541 g/mol. The van der Waals surface area contributed by atoms with Gasteiger partial charge < -0.3 is 15.4 Å². The van der Waals surface area contributed by atoms with Crippen molar-refractivity contribution < 1.29 is 35.1 Å². The predicted molar refractivity (Wildman–Crippen MR) is 147 cm³/mol. The van der Waals surface area contributed by atoms with Gasteiger partial charge >= 0.3 is 0 Å². The number of rotatable bonds is 10. The molecule has 0 radical (unpaired) electrons. The summed E-state index contributed by atoms with van der Waals surface area (Å²) in [5.41, 5.74) is -1.09. The van der Waals surface area contributed by atoms with E-state index in [1.807, 2.05) is 0 Å². The first-order valence-electron chi connectivity index (χ1n) is 18.9. The summed E-state index contributed by atoms with van der Waals surface area (Å²) in [5.74, 6) is -1.03. The molecule has 1 saturated heterocycles. The smallest absolute Gasteiger partial charge is 0.241 e. The first-order chi connectivity index (χ1) is 23.7. The Morgan fingerprint density at radius 1 is 1.14 bits per heavy atom. The average Bonchev–Trinajstić information content (AvgIpc) is 3.02. The molecule has 0 aliphatic carbocycles. The molecule has 37 heavy (non-hydrogen) atoms. The first kappa shape index (κ1) is 13.0. The molecule has 1 aliphatic heterocycles. The van der Waals surface area contributed by atoms with Crippen LogP contribution >= 0.6 is 0 Å². The molecule has 1 aliphatic rings. The fourth-order valence-electron chi connectivity index (χ4n) is 2.95. The van der Waals surface area contributed by atoms with Gasteiger partial charge in [0.05, 0.1) is 9.01 Å². The minimum absolute atomic E-state index is 0.120. The Labute approximate surface area is 242 Å². The second-order valence-corrected chi connectivity index (χ2v) is 10.3. The van der Waals surface area contributed by atoms with Crippen molar-refractivity contribution in [2.75, 3.05) is 36.7 Å². The maximum Gasteiger partial charge on any atom is 0.241 e. The molecular formula is C27H36N6O3S. The topological polar surface area (TPSA) is 108 Å². The highest BCUT2D eigenvalue weighted by Gasteiger charge is 2.22. The Morgan fingerprint density at radius 3 is 2.59 bits per heavy atom. The minimum Gasteiger partial charge on any atom is -0.492 e. The van der Waals surface area contributed by atoms with Crippen molar-refractivity contribution in [1.29, 1.82) is 0 Å². The van der Waals surface area contributed by atoms with Crippen LogP contribution in [0.3, 0.4) is 0 Å². The number of benzene rings is 2. The Hall–Kier alpha value is -3.21. The molecule has 0 bridgehead atoms. The third-order valence-corrected chi connectivity index (χ3v) is 6.17. The number of aromatic nitrogens is 2. The summed E-state index contributed by atoms with van der Waals surface area (Å²) in [5, 5.41) is 5.48. The standard InChI is InChI=1S/C27H36N6O3S/c1-20-19-28-26(30-21-10-12-23(13-11-21)36-17-16-33-14-5-6-15-33)31-25(20)29-22-8-7-9-24(18-22)37(34,35)32-27(2,3)4/h7-13,18-19,32H,5-6,14-17H2,1-4H3,(H2,28,29,30,31)/i1D3,5D2,6D2,14D2,15D2,16D2,17D2,19D. The van der Waals surface area contributed by atoms with Gasteiger partial charge in [-0.2, -0.15) is 4.98 Å². The molecule has 1 aromatic heterocycles. The molecule has 0 spiro atoms. The summed E-state index contributed by atoms with van der Waals surface area (Å²) in [6, 6.07) is 10.2.